The largest absolute Gasteiger partial charge is 0.332 e. The van der Waals surface area contributed by atoms with Gasteiger partial charge in [-0.15, -0.1) is 0 Å². The quantitative estimate of drug-likeness (QED) is 0.549. The maximum atomic E-state index is 13.9. The SMILES string of the molecule is CCN1C(=O)C2C(c3ccc(C)cc3)N3C(=O)N(c4cccc(F)c4)C(=O)[C@@]3(C)C2C1=O. The number of carbonyl (C=O) groups is 4. The van der Waals surface area contributed by atoms with E-state index in [1.165, 1.54) is 28.0 Å². The van der Waals surface area contributed by atoms with Gasteiger partial charge in [-0.1, -0.05) is 35.9 Å². The van der Waals surface area contributed by atoms with E-state index in [1.54, 1.807) is 13.8 Å². The van der Waals surface area contributed by atoms with Gasteiger partial charge in [-0.25, -0.2) is 14.1 Å². The summed E-state index contributed by atoms with van der Waals surface area (Å²) < 4.78 is 13.9. The predicted octanol–water partition coefficient (Wildman–Crippen LogP) is 3.04. The molecule has 5 amide bonds. The number of rotatable bonds is 3. The van der Waals surface area contributed by atoms with Crippen LogP contribution in [0, 0.1) is 24.6 Å². The van der Waals surface area contributed by atoms with Crippen molar-refractivity contribution >= 4 is 29.4 Å². The molecule has 0 spiro atoms. The minimum atomic E-state index is -1.56. The van der Waals surface area contributed by atoms with Crippen LogP contribution in [0.4, 0.5) is 14.9 Å². The van der Waals surface area contributed by atoms with Crippen molar-refractivity contribution < 1.29 is 23.6 Å². The van der Waals surface area contributed by atoms with Crippen LogP contribution in [0.25, 0.3) is 0 Å². The molecule has 0 bridgehead atoms. The second kappa shape index (κ2) is 6.72. The highest BCUT2D eigenvalue weighted by atomic mass is 19.1. The number of imide groups is 2. The molecule has 3 saturated heterocycles. The van der Waals surface area contributed by atoms with E-state index < -0.39 is 47.1 Å². The number of benzene rings is 2. The number of fused-ring (bicyclic) bond motifs is 3. The molecule has 0 aromatic heterocycles. The van der Waals surface area contributed by atoms with Crippen molar-refractivity contribution in [2.45, 2.75) is 32.4 Å². The summed E-state index contributed by atoms with van der Waals surface area (Å²) in [5.41, 5.74) is 0.218. The minimum Gasteiger partial charge on any atom is -0.301 e. The van der Waals surface area contributed by atoms with Gasteiger partial charge in [0.15, 0.2) is 0 Å². The summed E-state index contributed by atoms with van der Waals surface area (Å²) in [6, 6.07) is 11.1. The first kappa shape index (κ1) is 20.4. The van der Waals surface area contributed by atoms with Crippen LogP contribution >= 0.6 is 0 Å². The summed E-state index contributed by atoms with van der Waals surface area (Å²) >= 11 is 0. The first-order valence-electron chi connectivity index (χ1n) is 10.6. The fraction of sp³-hybridized carbons (Fsp3) is 0.333. The Morgan fingerprint density at radius 3 is 2.31 bits per heavy atom. The zero-order chi connectivity index (χ0) is 22.9. The van der Waals surface area contributed by atoms with Crippen molar-refractivity contribution in [3.63, 3.8) is 0 Å². The number of nitrogens with zero attached hydrogens (tertiary/aromatic N) is 3. The minimum absolute atomic E-state index is 0.0963. The fourth-order valence-corrected chi connectivity index (χ4v) is 5.51. The Balaban J connectivity index is 1.71. The van der Waals surface area contributed by atoms with Gasteiger partial charge in [-0.3, -0.25) is 19.3 Å². The summed E-state index contributed by atoms with van der Waals surface area (Å²) in [5, 5.41) is 0. The Morgan fingerprint density at radius 2 is 1.69 bits per heavy atom. The molecule has 4 atom stereocenters. The second-order valence-corrected chi connectivity index (χ2v) is 8.70. The van der Waals surface area contributed by atoms with Crippen LogP contribution in [0.3, 0.4) is 0 Å². The average molecular weight is 435 g/mol. The number of carbonyl (C=O) groups excluding carboxylic acids is 4. The van der Waals surface area contributed by atoms with Gasteiger partial charge in [0.2, 0.25) is 11.8 Å². The fourth-order valence-electron chi connectivity index (χ4n) is 5.51. The Hall–Kier alpha value is -3.55. The molecule has 3 aliphatic rings. The number of anilines is 1. The number of halogens is 1. The first-order valence-corrected chi connectivity index (χ1v) is 10.6. The van der Waals surface area contributed by atoms with Gasteiger partial charge < -0.3 is 4.90 Å². The van der Waals surface area contributed by atoms with Crippen molar-refractivity contribution in [2.24, 2.45) is 11.8 Å². The third-order valence-electron chi connectivity index (χ3n) is 7.00. The second-order valence-electron chi connectivity index (χ2n) is 8.70. The molecule has 3 fully saturated rings. The Labute approximate surface area is 184 Å². The predicted molar refractivity (Wildman–Crippen MR) is 113 cm³/mol. The third-order valence-corrected chi connectivity index (χ3v) is 7.00. The van der Waals surface area contributed by atoms with Crippen LogP contribution in [0.5, 0.6) is 0 Å². The molecule has 2 aromatic rings. The van der Waals surface area contributed by atoms with Gasteiger partial charge in [0.1, 0.15) is 11.4 Å². The topological polar surface area (TPSA) is 78.0 Å². The molecule has 2 aromatic carbocycles. The van der Waals surface area contributed by atoms with Crippen LogP contribution in [0.15, 0.2) is 48.5 Å². The molecule has 8 heteroatoms. The van der Waals surface area contributed by atoms with Crippen molar-refractivity contribution in [2.75, 3.05) is 11.4 Å². The highest BCUT2D eigenvalue weighted by molar-refractivity contribution is 6.26. The van der Waals surface area contributed by atoms with Crippen LogP contribution in [0.1, 0.15) is 31.0 Å². The number of amides is 5. The Morgan fingerprint density at radius 1 is 1.00 bits per heavy atom. The molecular formula is C24H22FN3O4. The molecule has 7 nitrogen and oxygen atoms in total. The molecule has 5 rings (SSSR count). The molecule has 3 aliphatic heterocycles. The average Bonchev–Trinajstić information content (AvgIpc) is 3.26. The van der Waals surface area contributed by atoms with E-state index in [0.717, 1.165) is 16.5 Å². The smallest absolute Gasteiger partial charge is 0.301 e. The number of likely N-dealkylation sites (tertiary alicyclic amines) is 1. The Bertz CT molecular complexity index is 1180. The maximum Gasteiger partial charge on any atom is 0.332 e. The maximum absolute atomic E-state index is 13.9. The zero-order valence-corrected chi connectivity index (χ0v) is 17.9. The molecule has 0 N–H and O–H groups in total. The summed E-state index contributed by atoms with van der Waals surface area (Å²) in [6.45, 7) is 5.36. The van der Waals surface area contributed by atoms with E-state index in [0.29, 0.717) is 5.56 Å². The van der Waals surface area contributed by atoms with E-state index in [-0.39, 0.29) is 18.1 Å². The lowest BCUT2D eigenvalue weighted by Crippen LogP contribution is -2.51. The summed E-state index contributed by atoms with van der Waals surface area (Å²) in [4.78, 5) is 57.3. The molecule has 32 heavy (non-hydrogen) atoms. The van der Waals surface area contributed by atoms with Gasteiger partial charge in [-0.05, 0) is 44.5 Å². The van der Waals surface area contributed by atoms with E-state index in [4.69, 9.17) is 0 Å². The van der Waals surface area contributed by atoms with Crippen molar-refractivity contribution in [1.29, 1.82) is 0 Å². The van der Waals surface area contributed by atoms with Crippen LogP contribution in [-0.4, -0.2) is 45.6 Å². The molecule has 3 unspecified atom stereocenters. The lowest BCUT2D eigenvalue weighted by atomic mass is 9.79. The van der Waals surface area contributed by atoms with E-state index >= 15 is 0 Å². The van der Waals surface area contributed by atoms with E-state index in [1.807, 2.05) is 31.2 Å². The standard InChI is InChI=1S/C24H22FN3O4/c1-4-26-20(29)17-18(21(26)30)24(3)22(31)27(16-7-5-6-15(25)12-16)23(32)28(24)19(17)14-10-8-13(2)9-11-14/h5-12,17-19H,4H2,1-3H3/t17?,18?,19?,24-/m1/s1. The summed E-state index contributed by atoms with van der Waals surface area (Å²) in [5.74, 6) is -3.89. The monoisotopic (exact) mass is 435 g/mol. The number of hydrogen-bond acceptors (Lipinski definition) is 4. The van der Waals surface area contributed by atoms with Gasteiger partial charge >= 0.3 is 6.03 Å². The van der Waals surface area contributed by atoms with Crippen LogP contribution < -0.4 is 4.90 Å². The van der Waals surface area contributed by atoms with Crippen molar-refractivity contribution in [1.82, 2.24) is 9.80 Å². The first-order chi connectivity index (χ1) is 15.2. The van der Waals surface area contributed by atoms with Crippen LogP contribution in [0.2, 0.25) is 0 Å². The Kier molecular flexibility index (Phi) is 4.28. The normalized spacial score (nSPS) is 29.2. The van der Waals surface area contributed by atoms with Crippen molar-refractivity contribution in [3.8, 4) is 0 Å². The third kappa shape index (κ3) is 2.40. The lowest BCUT2D eigenvalue weighted by molar-refractivity contribution is -0.143. The number of aryl methyl sites for hydroxylation is 1. The highest BCUT2D eigenvalue weighted by Crippen LogP contribution is 2.58. The highest BCUT2D eigenvalue weighted by Gasteiger charge is 2.75. The summed E-state index contributed by atoms with van der Waals surface area (Å²) in [7, 11) is 0. The molecule has 164 valence electrons. The zero-order valence-electron chi connectivity index (χ0n) is 17.9. The van der Waals surface area contributed by atoms with E-state index in [2.05, 4.69) is 0 Å². The lowest BCUT2D eigenvalue weighted by Gasteiger charge is -2.32. The molecule has 0 radical (unpaired) electrons. The molecule has 3 heterocycles. The molecular weight excluding hydrogens is 413 g/mol. The van der Waals surface area contributed by atoms with E-state index in [9.17, 15) is 23.6 Å². The van der Waals surface area contributed by atoms with Gasteiger partial charge in [-0.2, -0.15) is 0 Å². The molecule has 0 aliphatic carbocycles. The van der Waals surface area contributed by atoms with Gasteiger partial charge in [0.25, 0.3) is 5.91 Å². The van der Waals surface area contributed by atoms with Crippen molar-refractivity contribution in [3.05, 3.63) is 65.5 Å². The number of hydrogen-bond donors (Lipinski definition) is 0. The molecule has 0 saturated carbocycles. The van der Waals surface area contributed by atoms with Gasteiger partial charge in [0.05, 0.1) is 23.6 Å². The summed E-state index contributed by atoms with van der Waals surface area (Å²) in [6.07, 6.45) is 0. The number of urea groups is 1. The van der Waals surface area contributed by atoms with Gasteiger partial charge in [0, 0.05) is 6.54 Å². The van der Waals surface area contributed by atoms with Crippen LogP contribution in [-0.2, 0) is 14.4 Å².